The molecule has 0 aliphatic carbocycles. The summed E-state index contributed by atoms with van der Waals surface area (Å²) in [6.45, 7) is -0.749. The number of nitrogens with zero attached hydrogens (tertiary/aromatic N) is 1. The average molecular weight is 527 g/mol. The maximum atomic E-state index is 13.3. The molecule has 0 heterocycles. The molecule has 4 aromatic rings. The molecule has 0 unspecified atom stereocenters. The topological polar surface area (TPSA) is 75.7 Å². The number of amides is 1. The third-order valence-electron chi connectivity index (χ3n) is 5.20. The predicted octanol–water partition coefficient (Wildman–Crippen LogP) is 6.33. The Balaban J connectivity index is 1.57. The highest BCUT2D eigenvalue weighted by Crippen LogP contribution is 2.33. The number of benzene rings is 4. The number of hydrogen-bond donors (Lipinski definition) is 1. The minimum Gasteiger partial charge on any atom is -0.457 e. The van der Waals surface area contributed by atoms with Gasteiger partial charge in [-0.05, 0) is 66.7 Å². The lowest BCUT2D eigenvalue weighted by Gasteiger charge is -2.25. The molecule has 0 saturated heterocycles. The van der Waals surface area contributed by atoms with Crippen molar-refractivity contribution in [2.75, 3.05) is 16.2 Å². The van der Waals surface area contributed by atoms with Gasteiger partial charge in [-0.1, -0.05) is 42.5 Å². The van der Waals surface area contributed by atoms with Crippen molar-refractivity contribution in [3.8, 4) is 11.5 Å². The number of alkyl halides is 3. The van der Waals surface area contributed by atoms with Crippen LogP contribution in [0.4, 0.5) is 24.5 Å². The van der Waals surface area contributed by atoms with E-state index in [0.29, 0.717) is 27.6 Å². The number of sulfonamides is 1. The summed E-state index contributed by atoms with van der Waals surface area (Å²) >= 11 is 0. The number of hydrogen-bond acceptors (Lipinski definition) is 4. The number of nitrogens with one attached hydrogen (secondary N) is 1. The second kappa shape index (κ2) is 10.8. The van der Waals surface area contributed by atoms with Crippen LogP contribution in [0.25, 0.3) is 0 Å². The zero-order valence-electron chi connectivity index (χ0n) is 19.2. The number of carbonyl (C=O) groups is 1. The van der Waals surface area contributed by atoms with Crippen LogP contribution >= 0.6 is 0 Å². The van der Waals surface area contributed by atoms with Gasteiger partial charge in [-0.15, -0.1) is 0 Å². The monoisotopic (exact) mass is 526 g/mol. The van der Waals surface area contributed by atoms with Crippen molar-refractivity contribution in [3.63, 3.8) is 0 Å². The first-order valence-corrected chi connectivity index (χ1v) is 12.4. The van der Waals surface area contributed by atoms with E-state index in [1.54, 1.807) is 42.5 Å². The molecule has 0 aliphatic rings. The van der Waals surface area contributed by atoms with Crippen molar-refractivity contribution in [1.82, 2.24) is 0 Å². The molecule has 1 N–H and O–H groups in total. The molecule has 37 heavy (non-hydrogen) atoms. The fourth-order valence-electron chi connectivity index (χ4n) is 3.43. The van der Waals surface area contributed by atoms with Crippen molar-refractivity contribution in [2.45, 2.75) is 11.1 Å². The summed E-state index contributed by atoms with van der Waals surface area (Å²) in [5.41, 5.74) is -0.973. The lowest BCUT2D eigenvalue weighted by Crippen LogP contribution is -2.38. The fourth-order valence-corrected chi connectivity index (χ4v) is 4.87. The number of carbonyl (C=O) groups excluding carboxylic acids is 1. The van der Waals surface area contributed by atoms with Gasteiger partial charge in [0.2, 0.25) is 5.91 Å². The van der Waals surface area contributed by atoms with E-state index in [2.05, 4.69) is 5.32 Å². The lowest BCUT2D eigenvalue weighted by molar-refractivity contribution is -0.137. The number of anilines is 2. The molecular formula is C27H21F3N2O4S. The highest BCUT2D eigenvalue weighted by Gasteiger charge is 2.33. The van der Waals surface area contributed by atoms with Gasteiger partial charge in [-0.25, -0.2) is 8.42 Å². The van der Waals surface area contributed by atoms with Crippen LogP contribution in [-0.2, 0) is 21.0 Å². The van der Waals surface area contributed by atoms with Gasteiger partial charge in [0.15, 0.2) is 0 Å². The Hall–Kier alpha value is -4.31. The normalized spacial score (nSPS) is 11.5. The number of rotatable bonds is 8. The van der Waals surface area contributed by atoms with E-state index in [-0.39, 0.29) is 10.6 Å². The lowest BCUT2D eigenvalue weighted by atomic mass is 10.2. The Morgan fingerprint density at radius 1 is 0.784 bits per heavy atom. The first-order chi connectivity index (χ1) is 17.6. The summed E-state index contributed by atoms with van der Waals surface area (Å²) in [5, 5.41) is 2.58. The van der Waals surface area contributed by atoms with Crippen LogP contribution in [0.5, 0.6) is 11.5 Å². The molecule has 4 rings (SSSR count). The summed E-state index contributed by atoms with van der Waals surface area (Å²) in [6, 6.07) is 26.4. The minimum atomic E-state index is -4.69. The van der Waals surface area contributed by atoms with Gasteiger partial charge in [0.05, 0.1) is 16.1 Å². The predicted molar refractivity (Wildman–Crippen MR) is 134 cm³/mol. The molecule has 10 heteroatoms. The fraction of sp³-hybridized carbons (Fsp3) is 0.0741. The maximum absolute atomic E-state index is 13.3. The standard InChI is InChI=1S/C27H21F3N2O4S/c28-27(29,30)20-8-7-9-22(18-20)32(37(34,35)25-12-5-2-6-13-25)19-26(33)31-21-14-16-24(17-15-21)36-23-10-3-1-4-11-23/h1-18H,19H2,(H,31,33). The molecule has 0 fully saturated rings. The molecule has 1 amide bonds. The van der Waals surface area contributed by atoms with Crippen molar-refractivity contribution in [2.24, 2.45) is 0 Å². The summed E-state index contributed by atoms with van der Waals surface area (Å²) in [5.74, 6) is 0.400. The smallest absolute Gasteiger partial charge is 0.416 e. The van der Waals surface area contributed by atoms with Gasteiger partial charge in [0.1, 0.15) is 18.0 Å². The Kier molecular flexibility index (Phi) is 7.49. The van der Waals surface area contributed by atoms with Gasteiger partial charge in [0.25, 0.3) is 10.0 Å². The first kappa shape index (κ1) is 25.8. The maximum Gasteiger partial charge on any atom is 0.416 e. The molecule has 190 valence electrons. The number of halogens is 3. The van der Waals surface area contributed by atoms with Crippen molar-refractivity contribution in [1.29, 1.82) is 0 Å². The van der Waals surface area contributed by atoms with E-state index < -0.39 is 34.2 Å². The Morgan fingerprint density at radius 3 is 2.00 bits per heavy atom. The van der Waals surface area contributed by atoms with E-state index >= 15 is 0 Å². The number of para-hydroxylation sites is 1. The highest BCUT2D eigenvalue weighted by molar-refractivity contribution is 7.92. The second-order valence-electron chi connectivity index (χ2n) is 7.86. The molecule has 0 bridgehead atoms. The van der Waals surface area contributed by atoms with Gasteiger partial charge < -0.3 is 10.1 Å². The van der Waals surface area contributed by atoms with Crippen molar-refractivity contribution < 1.29 is 31.1 Å². The third kappa shape index (κ3) is 6.47. The minimum absolute atomic E-state index is 0.164. The zero-order valence-corrected chi connectivity index (χ0v) is 20.0. The molecule has 0 aliphatic heterocycles. The molecule has 0 saturated carbocycles. The summed E-state index contributed by atoms with van der Waals surface area (Å²) in [4.78, 5) is 12.7. The largest absolute Gasteiger partial charge is 0.457 e. The zero-order chi connectivity index (χ0) is 26.5. The van der Waals surface area contributed by atoms with E-state index in [4.69, 9.17) is 4.74 Å². The van der Waals surface area contributed by atoms with E-state index in [1.165, 1.54) is 30.3 Å². The van der Waals surface area contributed by atoms with Crippen LogP contribution in [0.2, 0.25) is 0 Å². The molecule has 6 nitrogen and oxygen atoms in total. The van der Waals surface area contributed by atoms with Crippen LogP contribution in [0.15, 0.2) is 114 Å². The van der Waals surface area contributed by atoms with Crippen LogP contribution in [-0.4, -0.2) is 20.9 Å². The molecule has 0 atom stereocenters. The third-order valence-corrected chi connectivity index (χ3v) is 6.98. The molecule has 0 radical (unpaired) electrons. The van der Waals surface area contributed by atoms with Crippen molar-refractivity contribution in [3.05, 3.63) is 115 Å². The SMILES string of the molecule is O=C(CN(c1cccc(C(F)(F)F)c1)S(=O)(=O)c1ccccc1)Nc1ccc(Oc2ccccc2)cc1. The van der Waals surface area contributed by atoms with E-state index in [0.717, 1.165) is 12.1 Å². The highest BCUT2D eigenvalue weighted by atomic mass is 32.2. The van der Waals surface area contributed by atoms with E-state index in [9.17, 15) is 26.4 Å². The molecule has 4 aromatic carbocycles. The summed E-state index contributed by atoms with van der Waals surface area (Å²) in [6.07, 6.45) is -4.69. The average Bonchev–Trinajstić information content (AvgIpc) is 2.89. The van der Waals surface area contributed by atoms with Crippen LogP contribution in [0, 0.1) is 0 Å². The molecular weight excluding hydrogens is 505 g/mol. The van der Waals surface area contributed by atoms with Crippen LogP contribution in [0.1, 0.15) is 5.56 Å². The van der Waals surface area contributed by atoms with Crippen LogP contribution < -0.4 is 14.4 Å². The molecule has 0 aromatic heterocycles. The van der Waals surface area contributed by atoms with E-state index in [1.807, 2.05) is 18.2 Å². The van der Waals surface area contributed by atoms with Gasteiger partial charge in [-0.2, -0.15) is 13.2 Å². The Bertz CT molecular complexity index is 1460. The Morgan fingerprint density at radius 2 is 1.38 bits per heavy atom. The van der Waals surface area contributed by atoms with Gasteiger partial charge in [0, 0.05) is 5.69 Å². The van der Waals surface area contributed by atoms with Gasteiger partial charge in [-0.3, -0.25) is 9.10 Å². The Labute approximate surface area is 212 Å². The first-order valence-electron chi connectivity index (χ1n) is 11.0. The van der Waals surface area contributed by atoms with Gasteiger partial charge >= 0.3 is 6.18 Å². The quantitative estimate of drug-likeness (QED) is 0.291. The number of ether oxygens (including phenoxy) is 1. The summed E-state index contributed by atoms with van der Waals surface area (Å²) < 4.78 is 73.0. The molecule has 0 spiro atoms. The van der Waals surface area contributed by atoms with Crippen LogP contribution in [0.3, 0.4) is 0 Å². The summed E-state index contributed by atoms with van der Waals surface area (Å²) in [7, 11) is -4.36. The van der Waals surface area contributed by atoms with Crippen molar-refractivity contribution >= 4 is 27.3 Å². The second-order valence-corrected chi connectivity index (χ2v) is 9.72.